The van der Waals surface area contributed by atoms with Crippen LogP contribution in [0.15, 0.2) is 158 Å². The molecule has 0 N–H and O–H groups in total. The number of aromatic nitrogens is 3. The monoisotopic (exact) mass is 718 g/mol. The molecule has 7 aromatic carbocycles. The summed E-state index contributed by atoms with van der Waals surface area (Å²) < 4.78 is 4.63. The van der Waals surface area contributed by atoms with Crippen molar-refractivity contribution in [1.29, 1.82) is 5.26 Å². The van der Waals surface area contributed by atoms with Gasteiger partial charge in [-0.15, -0.1) is 0 Å². The largest absolute Gasteiger partial charge is 0.308 e. The number of aryl methyl sites for hydroxylation is 4. The van der Waals surface area contributed by atoms with Gasteiger partial charge in [-0.25, -0.2) is 4.98 Å². The van der Waals surface area contributed by atoms with Gasteiger partial charge < -0.3 is 9.13 Å². The van der Waals surface area contributed by atoms with Crippen molar-refractivity contribution < 1.29 is 0 Å². The molecule has 0 atom stereocenters. The number of benzene rings is 7. The second-order valence-electron chi connectivity index (χ2n) is 14.9. The molecule has 4 heteroatoms. The lowest BCUT2D eigenvalue weighted by atomic mass is 9.95. The lowest BCUT2D eigenvalue weighted by molar-refractivity contribution is 1.12. The molecule has 0 saturated carbocycles. The lowest BCUT2D eigenvalue weighted by Crippen LogP contribution is -2.06. The summed E-state index contributed by atoms with van der Waals surface area (Å²) in [6, 6.07) is 58.2. The van der Waals surface area contributed by atoms with Crippen molar-refractivity contribution in [1.82, 2.24) is 14.1 Å². The van der Waals surface area contributed by atoms with E-state index in [9.17, 15) is 5.26 Å². The van der Waals surface area contributed by atoms with Crippen LogP contribution in [0.1, 0.15) is 27.8 Å². The molecule has 0 amide bonds. The lowest BCUT2D eigenvalue weighted by Gasteiger charge is -2.20. The predicted octanol–water partition coefficient (Wildman–Crippen LogP) is 13.4. The molecule has 56 heavy (non-hydrogen) atoms. The maximum absolute atomic E-state index is 11.5. The number of hydrogen-bond donors (Lipinski definition) is 0. The van der Waals surface area contributed by atoms with E-state index in [0.717, 1.165) is 67.1 Å². The van der Waals surface area contributed by atoms with E-state index in [4.69, 9.17) is 4.98 Å². The van der Waals surface area contributed by atoms with E-state index in [1.165, 1.54) is 43.8 Å². The maximum Gasteiger partial charge on any atom is 0.104 e. The minimum Gasteiger partial charge on any atom is -0.308 e. The highest BCUT2D eigenvalue weighted by atomic mass is 15.0. The molecule has 10 aromatic rings. The van der Waals surface area contributed by atoms with Crippen LogP contribution in [0.25, 0.3) is 88.6 Å². The van der Waals surface area contributed by atoms with Gasteiger partial charge in [-0.3, -0.25) is 0 Å². The summed E-state index contributed by atoms with van der Waals surface area (Å²) >= 11 is 0. The molecule has 0 bridgehead atoms. The average molecular weight is 719 g/mol. The van der Waals surface area contributed by atoms with E-state index in [2.05, 4.69) is 188 Å². The Labute approximate surface area is 326 Å². The molecule has 0 spiro atoms. The van der Waals surface area contributed by atoms with Crippen LogP contribution in [0.3, 0.4) is 0 Å². The van der Waals surface area contributed by atoms with Gasteiger partial charge in [-0.2, -0.15) is 5.26 Å². The molecule has 0 aliphatic carbocycles. The average Bonchev–Trinajstić information content (AvgIpc) is 3.77. The molecule has 0 unspecified atom stereocenters. The highest BCUT2D eigenvalue weighted by Crippen LogP contribution is 2.43. The van der Waals surface area contributed by atoms with Gasteiger partial charge in [0.15, 0.2) is 0 Å². The predicted molar refractivity (Wildman–Crippen MR) is 233 cm³/mol. The highest BCUT2D eigenvalue weighted by Gasteiger charge is 2.25. The van der Waals surface area contributed by atoms with Crippen molar-refractivity contribution in [2.75, 3.05) is 0 Å². The van der Waals surface area contributed by atoms with Crippen molar-refractivity contribution in [3.05, 3.63) is 186 Å². The van der Waals surface area contributed by atoms with Gasteiger partial charge in [0.25, 0.3) is 0 Å². The number of nitrogens with zero attached hydrogens (tertiary/aromatic N) is 4. The number of nitriles is 1. The van der Waals surface area contributed by atoms with Crippen LogP contribution in [-0.4, -0.2) is 14.1 Å². The molecule has 0 saturated heterocycles. The third kappa shape index (κ3) is 5.02. The molecule has 10 rings (SSSR count). The summed E-state index contributed by atoms with van der Waals surface area (Å²) in [6.45, 7) is 8.72. The van der Waals surface area contributed by atoms with Crippen molar-refractivity contribution >= 4 is 43.6 Å². The summed E-state index contributed by atoms with van der Waals surface area (Å²) in [5, 5.41) is 16.3. The topological polar surface area (TPSA) is 46.5 Å². The van der Waals surface area contributed by atoms with E-state index >= 15 is 0 Å². The van der Waals surface area contributed by atoms with Crippen LogP contribution >= 0.6 is 0 Å². The van der Waals surface area contributed by atoms with Crippen LogP contribution in [0.4, 0.5) is 0 Å². The molecule has 0 radical (unpaired) electrons. The molecule has 3 aromatic heterocycles. The van der Waals surface area contributed by atoms with Gasteiger partial charge in [-0.1, -0.05) is 115 Å². The fraction of sp³-hybridized carbons (Fsp3) is 0.0769. The number of hydrogen-bond acceptors (Lipinski definition) is 2. The molecular weight excluding hydrogens is 681 g/mol. The third-order valence-corrected chi connectivity index (χ3v) is 11.5. The maximum atomic E-state index is 11.5. The van der Waals surface area contributed by atoms with Crippen LogP contribution in [-0.2, 0) is 0 Å². The second kappa shape index (κ2) is 13.0. The molecular formula is C52H38N4. The Bertz CT molecular complexity index is 2970. The highest BCUT2D eigenvalue weighted by molar-refractivity contribution is 6.14. The standard InChI is InChI=1S/C52H38N4/c1-32-15-11-23-42-48(32)49-33(2)16-12-24-43(49)55(42)46-29-38(39-27-28-41(36-19-7-5-8-20-36)54-52(39)37-21-9-6-10-22-37)30-47(40(46)31-53)56-44-25-13-17-34(3)50(44)51-35(4)18-14-26-45(51)56/h5-30H,1-4H3. The summed E-state index contributed by atoms with van der Waals surface area (Å²) in [6.07, 6.45) is 0. The van der Waals surface area contributed by atoms with Gasteiger partial charge in [0.1, 0.15) is 11.6 Å². The zero-order valence-corrected chi connectivity index (χ0v) is 31.8. The van der Waals surface area contributed by atoms with Crippen molar-refractivity contribution in [2.45, 2.75) is 27.7 Å². The number of pyridine rings is 1. The Kier molecular flexibility index (Phi) is 7.73. The van der Waals surface area contributed by atoms with Crippen LogP contribution in [0.2, 0.25) is 0 Å². The first-order valence-electron chi connectivity index (χ1n) is 19.1. The quantitative estimate of drug-likeness (QED) is 0.178. The Morgan fingerprint density at radius 3 is 1.25 bits per heavy atom. The minimum atomic E-state index is 0.604. The Hall–Kier alpha value is -7.22. The molecule has 0 aliphatic rings. The SMILES string of the molecule is Cc1cccc2c1c1c(C)cccc1n2-c1cc(-c2ccc(-c3ccccc3)nc2-c2ccccc2)cc(-n2c3cccc(C)c3c3c(C)cccc32)c1C#N. The van der Waals surface area contributed by atoms with E-state index in [0.29, 0.717) is 5.56 Å². The second-order valence-corrected chi connectivity index (χ2v) is 14.9. The first-order chi connectivity index (χ1) is 27.4. The fourth-order valence-electron chi connectivity index (χ4n) is 8.95. The van der Waals surface area contributed by atoms with Crippen molar-refractivity contribution in [3.63, 3.8) is 0 Å². The Morgan fingerprint density at radius 2 is 0.839 bits per heavy atom. The van der Waals surface area contributed by atoms with Gasteiger partial charge in [0, 0.05) is 38.2 Å². The summed E-state index contributed by atoms with van der Waals surface area (Å²) in [4.78, 5) is 5.38. The van der Waals surface area contributed by atoms with Gasteiger partial charge >= 0.3 is 0 Å². The van der Waals surface area contributed by atoms with Crippen molar-refractivity contribution in [3.8, 4) is 51.1 Å². The Morgan fingerprint density at radius 1 is 0.429 bits per heavy atom. The van der Waals surface area contributed by atoms with E-state index in [-0.39, 0.29) is 0 Å². The minimum absolute atomic E-state index is 0.604. The van der Waals surface area contributed by atoms with Gasteiger partial charge in [0.05, 0.1) is 44.8 Å². The van der Waals surface area contributed by atoms with Crippen molar-refractivity contribution in [2.24, 2.45) is 0 Å². The van der Waals surface area contributed by atoms with E-state index in [1.54, 1.807) is 0 Å². The number of fused-ring (bicyclic) bond motifs is 6. The Balaban J connectivity index is 1.39. The molecule has 0 fully saturated rings. The van der Waals surface area contributed by atoms with E-state index < -0.39 is 0 Å². The zero-order chi connectivity index (χ0) is 38.1. The van der Waals surface area contributed by atoms with Crippen LogP contribution < -0.4 is 0 Å². The number of rotatable bonds is 5. The van der Waals surface area contributed by atoms with Gasteiger partial charge in [-0.05, 0) is 98.0 Å². The summed E-state index contributed by atoms with van der Waals surface area (Å²) in [7, 11) is 0. The van der Waals surface area contributed by atoms with Crippen LogP contribution in [0.5, 0.6) is 0 Å². The third-order valence-electron chi connectivity index (χ3n) is 11.5. The first kappa shape index (κ1) is 33.4. The molecule has 266 valence electrons. The zero-order valence-electron chi connectivity index (χ0n) is 31.8. The summed E-state index contributed by atoms with van der Waals surface area (Å²) in [5.74, 6) is 0. The van der Waals surface area contributed by atoms with Gasteiger partial charge in [0.2, 0.25) is 0 Å². The smallest absolute Gasteiger partial charge is 0.104 e. The summed E-state index contributed by atoms with van der Waals surface area (Å²) in [5.41, 5.74) is 17.2. The van der Waals surface area contributed by atoms with Crippen LogP contribution in [0, 0.1) is 39.0 Å². The molecule has 3 heterocycles. The first-order valence-corrected chi connectivity index (χ1v) is 19.1. The van der Waals surface area contributed by atoms with E-state index in [1.807, 2.05) is 12.1 Å². The fourth-order valence-corrected chi connectivity index (χ4v) is 8.95. The molecule has 0 aliphatic heterocycles. The normalized spacial score (nSPS) is 11.6. The molecule has 4 nitrogen and oxygen atoms in total.